The van der Waals surface area contributed by atoms with Crippen molar-refractivity contribution in [1.29, 1.82) is 0 Å². The van der Waals surface area contributed by atoms with Gasteiger partial charge in [0.15, 0.2) is 17.3 Å². The Balaban J connectivity index is 2.28. The topological polar surface area (TPSA) is 26.3 Å². The summed E-state index contributed by atoms with van der Waals surface area (Å²) in [5, 5.41) is 0. The quantitative estimate of drug-likeness (QED) is 0.796. The average molecular weight is 276 g/mol. The highest BCUT2D eigenvalue weighted by atomic mass is 19.1. The van der Waals surface area contributed by atoms with E-state index < -0.39 is 11.6 Å². The molecule has 20 heavy (non-hydrogen) atoms. The maximum Gasteiger partial charge on any atom is 0.168 e. The second-order valence-corrected chi connectivity index (χ2v) is 4.49. The lowest BCUT2D eigenvalue weighted by molar-refractivity contribution is 0.0991. The standard InChI is InChI=1S/C16H14F2O2/c1-10-8-12(17)6-7-13(10)14(19)9-11-4-3-5-15(20-2)16(11)18/h3-8H,9H2,1-2H3. The van der Waals surface area contributed by atoms with Crippen molar-refractivity contribution in [2.75, 3.05) is 7.11 Å². The largest absolute Gasteiger partial charge is 0.494 e. The molecule has 0 aliphatic heterocycles. The second-order valence-electron chi connectivity index (χ2n) is 4.49. The fourth-order valence-corrected chi connectivity index (χ4v) is 2.06. The first-order chi connectivity index (χ1) is 9.52. The summed E-state index contributed by atoms with van der Waals surface area (Å²) < 4.78 is 31.9. The van der Waals surface area contributed by atoms with E-state index in [1.165, 1.54) is 37.4 Å². The van der Waals surface area contributed by atoms with E-state index in [9.17, 15) is 13.6 Å². The zero-order valence-corrected chi connectivity index (χ0v) is 11.2. The predicted octanol–water partition coefficient (Wildman–Crippen LogP) is 3.71. The molecule has 0 heterocycles. The SMILES string of the molecule is COc1cccc(CC(=O)c2ccc(F)cc2C)c1F. The fourth-order valence-electron chi connectivity index (χ4n) is 2.06. The first-order valence-corrected chi connectivity index (χ1v) is 6.13. The summed E-state index contributed by atoms with van der Waals surface area (Å²) in [6, 6.07) is 8.59. The molecule has 2 rings (SSSR count). The summed E-state index contributed by atoms with van der Waals surface area (Å²) in [4.78, 5) is 12.2. The number of rotatable bonds is 4. The average Bonchev–Trinajstić information content (AvgIpc) is 2.41. The van der Waals surface area contributed by atoms with E-state index in [-0.39, 0.29) is 23.5 Å². The van der Waals surface area contributed by atoms with E-state index in [2.05, 4.69) is 0 Å². The van der Waals surface area contributed by atoms with Gasteiger partial charge in [-0.2, -0.15) is 0 Å². The van der Waals surface area contributed by atoms with Gasteiger partial charge in [0.05, 0.1) is 7.11 Å². The molecule has 0 radical (unpaired) electrons. The number of ketones is 1. The summed E-state index contributed by atoms with van der Waals surface area (Å²) in [5.74, 6) is -1.09. The van der Waals surface area contributed by atoms with Crippen LogP contribution in [-0.2, 0) is 6.42 Å². The zero-order chi connectivity index (χ0) is 14.7. The van der Waals surface area contributed by atoms with Crippen LogP contribution in [0.4, 0.5) is 8.78 Å². The van der Waals surface area contributed by atoms with Crippen molar-refractivity contribution in [3.63, 3.8) is 0 Å². The molecule has 0 aliphatic carbocycles. The van der Waals surface area contributed by atoms with Crippen LogP contribution in [0.25, 0.3) is 0 Å². The van der Waals surface area contributed by atoms with Crippen molar-refractivity contribution in [1.82, 2.24) is 0 Å². The molecule has 0 bridgehead atoms. The smallest absolute Gasteiger partial charge is 0.168 e. The molecular formula is C16H14F2O2. The molecule has 0 N–H and O–H groups in total. The molecule has 0 spiro atoms. The molecular weight excluding hydrogens is 262 g/mol. The van der Waals surface area contributed by atoms with Crippen LogP contribution in [0.3, 0.4) is 0 Å². The molecule has 0 atom stereocenters. The Morgan fingerprint density at radius 1 is 1.20 bits per heavy atom. The van der Waals surface area contributed by atoms with Gasteiger partial charge >= 0.3 is 0 Å². The maximum atomic E-state index is 14.0. The van der Waals surface area contributed by atoms with Gasteiger partial charge in [-0.25, -0.2) is 8.78 Å². The zero-order valence-electron chi connectivity index (χ0n) is 11.2. The van der Waals surface area contributed by atoms with Crippen molar-refractivity contribution < 1.29 is 18.3 Å². The van der Waals surface area contributed by atoms with Gasteiger partial charge in [-0.05, 0) is 42.3 Å². The van der Waals surface area contributed by atoms with Gasteiger partial charge < -0.3 is 4.74 Å². The molecule has 0 aliphatic rings. The predicted molar refractivity (Wildman–Crippen MR) is 72.1 cm³/mol. The second kappa shape index (κ2) is 5.82. The highest BCUT2D eigenvalue weighted by Gasteiger charge is 2.15. The Kier molecular flexibility index (Phi) is 4.13. The van der Waals surface area contributed by atoms with Crippen molar-refractivity contribution in [2.24, 2.45) is 0 Å². The molecule has 0 amide bonds. The third-order valence-electron chi connectivity index (χ3n) is 3.10. The minimum absolute atomic E-state index is 0.0878. The van der Waals surface area contributed by atoms with Crippen LogP contribution in [-0.4, -0.2) is 12.9 Å². The van der Waals surface area contributed by atoms with Crippen molar-refractivity contribution in [2.45, 2.75) is 13.3 Å². The number of hydrogen-bond acceptors (Lipinski definition) is 2. The first-order valence-electron chi connectivity index (χ1n) is 6.13. The number of carbonyl (C=O) groups excluding carboxylic acids is 1. The minimum atomic E-state index is -0.539. The lowest BCUT2D eigenvalue weighted by Gasteiger charge is -2.08. The normalized spacial score (nSPS) is 10.4. The number of aryl methyl sites for hydroxylation is 1. The van der Waals surface area contributed by atoms with Crippen LogP contribution in [0.5, 0.6) is 5.75 Å². The summed E-state index contributed by atoms with van der Waals surface area (Å²) in [6.45, 7) is 1.65. The molecule has 2 nitrogen and oxygen atoms in total. The summed E-state index contributed by atoms with van der Waals surface area (Å²) >= 11 is 0. The summed E-state index contributed by atoms with van der Waals surface area (Å²) in [5.41, 5.74) is 1.20. The van der Waals surface area contributed by atoms with Gasteiger partial charge in [0.2, 0.25) is 0 Å². The number of benzene rings is 2. The van der Waals surface area contributed by atoms with Crippen molar-refractivity contribution in [3.05, 3.63) is 64.7 Å². The van der Waals surface area contributed by atoms with Crippen LogP contribution >= 0.6 is 0 Å². The summed E-state index contributed by atoms with van der Waals surface area (Å²) in [7, 11) is 1.37. The Hall–Kier alpha value is -2.23. The number of carbonyl (C=O) groups is 1. The van der Waals surface area contributed by atoms with E-state index in [1.54, 1.807) is 13.0 Å². The van der Waals surface area contributed by atoms with E-state index in [0.717, 1.165) is 0 Å². The maximum absolute atomic E-state index is 14.0. The third-order valence-corrected chi connectivity index (χ3v) is 3.10. The Morgan fingerprint density at radius 2 is 1.95 bits per heavy atom. The Bertz CT molecular complexity index is 651. The van der Waals surface area contributed by atoms with Gasteiger partial charge in [-0.1, -0.05) is 12.1 Å². The first kappa shape index (κ1) is 14.2. The van der Waals surface area contributed by atoms with Crippen LogP contribution in [0, 0.1) is 18.6 Å². The highest BCUT2D eigenvalue weighted by Crippen LogP contribution is 2.22. The number of halogens is 2. The molecule has 0 fully saturated rings. The summed E-state index contributed by atoms with van der Waals surface area (Å²) in [6.07, 6.45) is -0.0878. The van der Waals surface area contributed by atoms with E-state index in [1.807, 2.05) is 0 Å². The minimum Gasteiger partial charge on any atom is -0.494 e. The van der Waals surface area contributed by atoms with E-state index in [4.69, 9.17) is 4.74 Å². The molecule has 2 aromatic carbocycles. The van der Waals surface area contributed by atoms with Crippen LogP contribution < -0.4 is 4.74 Å². The molecule has 2 aromatic rings. The number of hydrogen-bond donors (Lipinski definition) is 0. The van der Waals surface area contributed by atoms with Crippen LogP contribution in [0.1, 0.15) is 21.5 Å². The number of methoxy groups -OCH3 is 1. The van der Waals surface area contributed by atoms with E-state index in [0.29, 0.717) is 11.1 Å². The van der Waals surface area contributed by atoms with Gasteiger partial charge in [-0.3, -0.25) is 4.79 Å². The third kappa shape index (κ3) is 2.85. The van der Waals surface area contributed by atoms with Crippen LogP contribution in [0.15, 0.2) is 36.4 Å². The Morgan fingerprint density at radius 3 is 2.60 bits per heavy atom. The van der Waals surface area contributed by atoms with Gasteiger partial charge in [-0.15, -0.1) is 0 Å². The monoisotopic (exact) mass is 276 g/mol. The van der Waals surface area contributed by atoms with Gasteiger partial charge in [0, 0.05) is 12.0 Å². The molecule has 0 saturated carbocycles. The van der Waals surface area contributed by atoms with Crippen LogP contribution in [0.2, 0.25) is 0 Å². The molecule has 0 aromatic heterocycles. The fraction of sp³-hybridized carbons (Fsp3) is 0.188. The highest BCUT2D eigenvalue weighted by molar-refractivity contribution is 5.98. The lowest BCUT2D eigenvalue weighted by atomic mass is 9.99. The van der Waals surface area contributed by atoms with Crippen molar-refractivity contribution >= 4 is 5.78 Å². The Labute approximate surface area is 116 Å². The number of ether oxygens (including phenoxy) is 1. The molecule has 0 unspecified atom stereocenters. The van der Waals surface area contributed by atoms with Crippen molar-refractivity contribution in [3.8, 4) is 5.75 Å². The van der Waals surface area contributed by atoms with E-state index >= 15 is 0 Å². The number of Topliss-reactive ketones (excluding diaryl/α,β-unsaturated/α-hetero) is 1. The molecule has 4 heteroatoms. The lowest BCUT2D eigenvalue weighted by Crippen LogP contribution is -2.08. The van der Waals surface area contributed by atoms with Gasteiger partial charge in [0.25, 0.3) is 0 Å². The molecule has 104 valence electrons. The van der Waals surface area contributed by atoms with Gasteiger partial charge in [0.1, 0.15) is 5.82 Å². The molecule has 0 saturated heterocycles.